The van der Waals surface area contributed by atoms with Gasteiger partial charge in [0.25, 0.3) is 5.91 Å². The highest BCUT2D eigenvalue weighted by molar-refractivity contribution is 5.95. The first kappa shape index (κ1) is 13.8. The summed E-state index contributed by atoms with van der Waals surface area (Å²) in [6.45, 7) is 0. The van der Waals surface area contributed by atoms with E-state index in [2.05, 4.69) is 17.4 Å². The van der Waals surface area contributed by atoms with Crippen molar-refractivity contribution in [3.05, 3.63) is 81.9 Å². The Morgan fingerprint density at radius 1 is 1.00 bits per heavy atom. The zero-order valence-electron chi connectivity index (χ0n) is 12.4. The Balaban J connectivity index is 1.58. The van der Waals surface area contributed by atoms with Gasteiger partial charge in [-0.05, 0) is 41.5 Å². The number of hydrogen-bond acceptors (Lipinski definition) is 3. The van der Waals surface area contributed by atoms with Crippen LogP contribution >= 0.6 is 0 Å². The number of hydrogen-bond donors (Lipinski definition) is 1. The van der Waals surface area contributed by atoms with Crippen molar-refractivity contribution < 1.29 is 9.21 Å². The van der Waals surface area contributed by atoms with E-state index in [-0.39, 0.29) is 17.7 Å². The molecule has 0 bridgehead atoms. The Hall–Kier alpha value is -2.88. The van der Waals surface area contributed by atoms with Crippen molar-refractivity contribution in [2.24, 2.45) is 0 Å². The summed E-state index contributed by atoms with van der Waals surface area (Å²) in [5, 5.41) is 4.16. The molecule has 1 aromatic heterocycles. The van der Waals surface area contributed by atoms with Crippen molar-refractivity contribution in [3.8, 4) is 0 Å². The molecule has 2 aromatic carbocycles. The van der Waals surface area contributed by atoms with E-state index in [1.165, 1.54) is 11.1 Å². The third-order valence-electron chi connectivity index (χ3n) is 4.28. The van der Waals surface area contributed by atoms with E-state index in [9.17, 15) is 9.59 Å². The number of benzene rings is 2. The highest BCUT2D eigenvalue weighted by Crippen LogP contribution is 2.22. The first-order chi connectivity index (χ1) is 11.2. The zero-order valence-corrected chi connectivity index (χ0v) is 12.4. The summed E-state index contributed by atoms with van der Waals surface area (Å²) in [5.41, 5.74) is 2.04. The zero-order chi connectivity index (χ0) is 15.8. The normalized spacial score (nSPS) is 13.9. The standard InChI is InChI=1S/C19H15NO3/c21-18(20-15-9-12-5-1-2-6-13(12)10-15)17-11-14-7-3-4-8-16(14)19(22)23-17/h1-8,11,15H,9-10H2,(H,20,21). The average Bonchev–Trinajstić information content (AvgIpc) is 2.97. The summed E-state index contributed by atoms with van der Waals surface area (Å²) in [4.78, 5) is 24.4. The summed E-state index contributed by atoms with van der Waals surface area (Å²) >= 11 is 0. The van der Waals surface area contributed by atoms with Gasteiger partial charge in [-0.1, -0.05) is 42.5 Å². The Morgan fingerprint density at radius 3 is 2.39 bits per heavy atom. The number of nitrogens with one attached hydrogen (secondary N) is 1. The fraction of sp³-hybridized carbons (Fsp3) is 0.158. The Kier molecular flexibility index (Phi) is 3.23. The third kappa shape index (κ3) is 2.52. The van der Waals surface area contributed by atoms with E-state index in [1.54, 1.807) is 24.3 Å². The third-order valence-corrected chi connectivity index (χ3v) is 4.28. The van der Waals surface area contributed by atoms with E-state index in [0.29, 0.717) is 10.8 Å². The van der Waals surface area contributed by atoms with Crippen molar-refractivity contribution >= 4 is 16.7 Å². The van der Waals surface area contributed by atoms with Crippen LogP contribution in [0.2, 0.25) is 0 Å². The second kappa shape index (κ2) is 5.39. The van der Waals surface area contributed by atoms with E-state index in [4.69, 9.17) is 4.42 Å². The molecule has 0 saturated heterocycles. The van der Waals surface area contributed by atoms with E-state index >= 15 is 0 Å². The van der Waals surface area contributed by atoms with Gasteiger partial charge in [-0.2, -0.15) is 0 Å². The van der Waals surface area contributed by atoms with E-state index in [1.807, 2.05) is 18.2 Å². The van der Waals surface area contributed by atoms with Gasteiger partial charge in [0.2, 0.25) is 0 Å². The molecular weight excluding hydrogens is 290 g/mol. The molecule has 0 radical (unpaired) electrons. The fourth-order valence-electron chi connectivity index (χ4n) is 3.16. The molecule has 0 spiro atoms. The summed E-state index contributed by atoms with van der Waals surface area (Å²) in [5.74, 6) is -0.282. The van der Waals surface area contributed by atoms with Crippen LogP contribution in [0.1, 0.15) is 21.7 Å². The van der Waals surface area contributed by atoms with Gasteiger partial charge < -0.3 is 9.73 Å². The van der Waals surface area contributed by atoms with Crippen molar-refractivity contribution in [1.82, 2.24) is 5.32 Å². The predicted molar refractivity (Wildman–Crippen MR) is 87.6 cm³/mol. The lowest BCUT2D eigenvalue weighted by Gasteiger charge is -2.11. The average molecular weight is 305 g/mol. The van der Waals surface area contributed by atoms with Gasteiger partial charge in [0.1, 0.15) is 0 Å². The van der Waals surface area contributed by atoms with Crippen LogP contribution in [0.25, 0.3) is 10.8 Å². The Bertz CT molecular complexity index is 933. The number of fused-ring (bicyclic) bond motifs is 2. The minimum Gasteiger partial charge on any atom is -0.417 e. The monoisotopic (exact) mass is 305 g/mol. The predicted octanol–water partition coefficient (Wildman–Crippen LogP) is 2.69. The molecule has 3 aromatic rings. The summed E-state index contributed by atoms with van der Waals surface area (Å²) < 4.78 is 5.17. The van der Waals surface area contributed by atoms with Gasteiger partial charge >= 0.3 is 5.63 Å². The number of rotatable bonds is 2. The van der Waals surface area contributed by atoms with Gasteiger partial charge in [0.15, 0.2) is 5.76 Å². The summed E-state index contributed by atoms with van der Waals surface area (Å²) in [6, 6.07) is 16.9. The molecule has 0 saturated carbocycles. The molecule has 1 aliphatic rings. The first-order valence-electron chi connectivity index (χ1n) is 7.61. The topological polar surface area (TPSA) is 59.3 Å². The molecule has 1 heterocycles. The minimum atomic E-state index is -0.483. The molecule has 1 N–H and O–H groups in total. The molecule has 0 fully saturated rings. The summed E-state index contributed by atoms with van der Waals surface area (Å²) in [7, 11) is 0. The van der Waals surface area contributed by atoms with Gasteiger partial charge in [-0.25, -0.2) is 4.79 Å². The Labute approximate surface area is 132 Å². The number of carbonyl (C=O) groups is 1. The van der Waals surface area contributed by atoms with Crippen LogP contribution < -0.4 is 10.9 Å². The lowest BCUT2D eigenvalue weighted by atomic mass is 10.1. The molecule has 1 aliphatic carbocycles. The highest BCUT2D eigenvalue weighted by Gasteiger charge is 2.24. The van der Waals surface area contributed by atoms with Crippen LogP contribution in [0.3, 0.4) is 0 Å². The van der Waals surface area contributed by atoms with Gasteiger partial charge in [0, 0.05) is 6.04 Å². The second-order valence-corrected chi connectivity index (χ2v) is 5.83. The molecule has 114 valence electrons. The van der Waals surface area contributed by atoms with Crippen LogP contribution in [-0.2, 0) is 12.8 Å². The van der Waals surface area contributed by atoms with Crippen LogP contribution in [0.4, 0.5) is 0 Å². The molecule has 23 heavy (non-hydrogen) atoms. The number of carbonyl (C=O) groups excluding carboxylic acids is 1. The quantitative estimate of drug-likeness (QED) is 0.792. The Morgan fingerprint density at radius 2 is 1.65 bits per heavy atom. The molecule has 0 atom stereocenters. The molecular formula is C19H15NO3. The minimum absolute atomic E-state index is 0.0386. The lowest BCUT2D eigenvalue weighted by Crippen LogP contribution is -2.35. The molecule has 4 nitrogen and oxygen atoms in total. The van der Waals surface area contributed by atoms with Gasteiger partial charge in [0.05, 0.1) is 5.39 Å². The van der Waals surface area contributed by atoms with Crippen LogP contribution in [0.15, 0.2) is 63.8 Å². The van der Waals surface area contributed by atoms with Crippen molar-refractivity contribution in [2.75, 3.05) is 0 Å². The lowest BCUT2D eigenvalue weighted by molar-refractivity contribution is 0.0906. The SMILES string of the molecule is O=C(NC1Cc2ccccc2C1)c1cc2ccccc2c(=O)o1. The van der Waals surface area contributed by atoms with Crippen LogP contribution in [-0.4, -0.2) is 11.9 Å². The van der Waals surface area contributed by atoms with E-state index < -0.39 is 5.63 Å². The van der Waals surface area contributed by atoms with Crippen LogP contribution in [0.5, 0.6) is 0 Å². The molecule has 0 unspecified atom stereocenters. The fourth-order valence-corrected chi connectivity index (χ4v) is 3.16. The van der Waals surface area contributed by atoms with Crippen molar-refractivity contribution in [3.63, 3.8) is 0 Å². The first-order valence-corrected chi connectivity index (χ1v) is 7.61. The maximum atomic E-state index is 12.4. The molecule has 1 amide bonds. The van der Waals surface area contributed by atoms with Gasteiger partial charge in [-0.3, -0.25) is 4.79 Å². The van der Waals surface area contributed by atoms with Crippen LogP contribution in [0, 0.1) is 0 Å². The second-order valence-electron chi connectivity index (χ2n) is 5.83. The number of amides is 1. The molecule has 4 rings (SSSR count). The van der Waals surface area contributed by atoms with Gasteiger partial charge in [-0.15, -0.1) is 0 Å². The molecule has 4 heteroatoms. The largest absolute Gasteiger partial charge is 0.417 e. The van der Waals surface area contributed by atoms with Crippen molar-refractivity contribution in [2.45, 2.75) is 18.9 Å². The van der Waals surface area contributed by atoms with Crippen molar-refractivity contribution in [1.29, 1.82) is 0 Å². The maximum absolute atomic E-state index is 12.4. The highest BCUT2D eigenvalue weighted by atomic mass is 16.4. The smallest absolute Gasteiger partial charge is 0.344 e. The maximum Gasteiger partial charge on any atom is 0.344 e. The van der Waals surface area contributed by atoms with E-state index in [0.717, 1.165) is 12.8 Å². The summed E-state index contributed by atoms with van der Waals surface area (Å²) in [6.07, 6.45) is 1.61. The molecule has 0 aliphatic heterocycles.